The summed E-state index contributed by atoms with van der Waals surface area (Å²) in [4.78, 5) is 13.5. The average Bonchev–Trinajstić information content (AvgIpc) is 3.29. The third kappa shape index (κ3) is 4.73. The lowest BCUT2D eigenvalue weighted by Crippen LogP contribution is -2.64. The second-order valence-electron chi connectivity index (χ2n) is 11.0. The monoisotopic (exact) mass is 528 g/mol. The predicted octanol–water partition coefficient (Wildman–Crippen LogP) is 3.36. The van der Waals surface area contributed by atoms with Gasteiger partial charge in [0.1, 0.15) is 35.5 Å². The highest BCUT2D eigenvalue weighted by atomic mass is 19.1. The second kappa shape index (κ2) is 10.2. The number of fused-ring (bicyclic) bond motifs is 1. The number of hydrogen-bond acceptors (Lipinski definition) is 8. The molecule has 0 amide bonds. The third-order valence-corrected chi connectivity index (χ3v) is 8.31. The molecule has 202 valence electrons. The van der Waals surface area contributed by atoms with Gasteiger partial charge in [0.2, 0.25) is 0 Å². The molecule has 0 unspecified atom stereocenters. The first-order chi connectivity index (χ1) is 19.1. The van der Waals surface area contributed by atoms with E-state index >= 15 is 4.39 Å². The topological polar surface area (TPSA) is 97.4 Å². The van der Waals surface area contributed by atoms with Crippen molar-refractivity contribution in [1.29, 1.82) is 0 Å². The Labute approximate surface area is 226 Å². The molecule has 2 aromatic heterocycles. The maximum Gasteiger partial charge on any atom is 0.164 e. The minimum absolute atomic E-state index is 0.343. The van der Waals surface area contributed by atoms with Crippen LogP contribution in [0.25, 0.3) is 22.3 Å². The molecule has 10 heteroatoms. The van der Waals surface area contributed by atoms with Crippen LogP contribution in [0.5, 0.6) is 11.5 Å². The Morgan fingerprint density at radius 2 is 1.74 bits per heavy atom. The van der Waals surface area contributed by atoms with E-state index in [9.17, 15) is 0 Å². The number of nitrogens with one attached hydrogen (secondary N) is 1. The van der Waals surface area contributed by atoms with E-state index in [0.29, 0.717) is 47.3 Å². The number of nitrogen functional groups attached to an aromatic ring is 1. The highest BCUT2D eigenvalue weighted by Gasteiger charge is 2.40. The van der Waals surface area contributed by atoms with Crippen LogP contribution in [-0.2, 0) is 0 Å². The minimum atomic E-state index is -1.04. The van der Waals surface area contributed by atoms with Crippen LogP contribution >= 0.6 is 0 Å². The van der Waals surface area contributed by atoms with E-state index in [-0.39, 0.29) is 0 Å². The highest BCUT2D eigenvalue weighted by Crippen LogP contribution is 2.36. The minimum Gasteiger partial charge on any atom is -0.457 e. The van der Waals surface area contributed by atoms with E-state index in [1.165, 1.54) is 6.33 Å². The van der Waals surface area contributed by atoms with E-state index in [1.54, 1.807) is 4.68 Å². The van der Waals surface area contributed by atoms with Gasteiger partial charge >= 0.3 is 0 Å². The lowest BCUT2D eigenvalue weighted by molar-refractivity contribution is -0.0201. The van der Waals surface area contributed by atoms with Crippen molar-refractivity contribution in [3.8, 4) is 22.8 Å². The Morgan fingerprint density at radius 1 is 0.974 bits per heavy atom. The number of benzene rings is 2. The van der Waals surface area contributed by atoms with Crippen molar-refractivity contribution in [2.45, 2.75) is 24.7 Å². The number of aromatic nitrogens is 4. The van der Waals surface area contributed by atoms with Crippen LogP contribution in [0.15, 0.2) is 60.9 Å². The lowest BCUT2D eigenvalue weighted by Gasteiger charge is -2.49. The summed E-state index contributed by atoms with van der Waals surface area (Å²) in [5.41, 5.74) is 8.40. The predicted molar refractivity (Wildman–Crippen MR) is 148 cm³/mol. The number of nitrogens with zero attached hydrogens (tertiary/aromatic N) is 6. The van der Waals surface area contributed by atoms with Gasteiger partial charge in [-0.15, -0.1) is 0 Å². The van der Waals surface area contributed by atoms with Crippen LogP contribution in [0.3, 0.4) is 0 Å². The molecule has 9 nitrogen and oxygen atoms in total. The molecular formula is C29H33FN8O. The van der Waals surface area contributed by atoms with Gasteiger partial charge in [-0.2, -0.15) is 5.10 Å². The van der Waals surface area contributed by atoms with E-state index in [4.69, 9.17) is 15.6 Å². The van der Waals surface area contributed by atoms with Crippen LogP contribution in [0, 0.1) is 5.92 Å². The molecule has 3 aliphatic rings. The molecule has 5 heterocycles. The van der Waals surface area contributed by atoms with Crippen molar-refractivity contribution in [2.24, 2.45) is 5.92 Å². The molecule has 2 atom stereocenters. The Hall–Kier alpha value is -3.60. The summed E-state index contributed by atoms with van der Waals surface area (Å²) in [7, 11) is 0. The number of piperidine rings is 1. The van der Waals surface area contributed by atoms with Crippen molar-refractivity contribution >= 4 is 16.9 Å². The maximum atomic E-state index is 15.8. The molecule has 3 aliphatic heterocycles. The zero-order valence-electron chi connectivity index (χ0n) is 21.8. The van der Waals surface area contributed by atoms with Crippen molar-refractivity contribution < 1.29 is 9.13 Å². The van der Waals surface area contributed by atoms with Gasteiger partial charge in [0.05, 0.1) is 11.4 Å². The molecule has 2 aromatic carbocycles. The number of halogens is 1. The van der Waals surface area contributed by atoms with Gasteiger partial charge in [-0.1, -0.05) is 18.2 Å². The van der Waals surface area contributed by atoms with Crippen molar-refractivity contribution in [3.05, 3.63) is 60.9 Å². The summed E-state index contributed by atoms with van der Waals surface area (Å²) in [6.45, 7) is 6.74. The molecule has 0 bridgehead atoms. The standard InChI is InChI=1S/C29H33FN8O/c30-24-17-37(21-15-36(16-21)14-19-12-32-13-19)11-10-25(24)38-29-26(28(31)33-18-34-29)27(35-38)20-6-8-23(9-7-20)39-22-4-2-1-3-5-22/h1-9,18-19,21,24-25,32H,10-17H2,(H2,31,33,34)/t24-,25-/m0/s1. The maximum absolute atomic E-state index is 15.8. The smallest absolute Gasteiger partial charge is 0.164 e. The fourth-order valence-corrected chi connectivity index (χ4v) is 6.02. The van der Waals surface area contributed by atoms with Gasteiger partial charge in [-0.05, 0) is 48.7 Å². The Kier molecular flexibility index (Phi) is 6.38. The Bertz CT molecular complexity index is 1440. The van der Waals surface area contributed by atoms with Crippen LogP contribution in [0.4, 0.5) is 10.2 Å². The number of anilines is 1. The first kappa shape index (κ1) is 24.4. The van der Waals surface area contributed by atoms with Gasteiger partial charge in [0.15, 0.2) is 5.65 Å². The number of rotatable bonds is 7. The number of nitrogens with two attached hydrogens (primary N) is 1. The van der Waals surface area contributed by atoms with E-state index in [1.807, 2.05) is 54.6 Å². The van der Waals surface area contributed by atoms with E-state index < -0.39 is 12.2 Å². The zero-order chi connectivity index (χ0) is 26.3. The van der Waals surface area contributed by atoms with Crippen LogP contribution in [-0.4, -0.2) is 87.6 Å². The number of alkyl halides is 1. The number of likely N-dealkylation sites (tertiary alicyclic amines) is 2. The van der Waals surface area contributed by atoms with E-state index in [0.717, 1.165) is 56.5 Å². The summed E-state index contributed by atoms with van der Waals surface area (Å²) in [5.74, 6) is 2.60. The van der Waals surface area contributed by atoms with Gasteiger partial charge in [0.25, 0.3) is 0 Å². The summed E-state index contributed by atoms with van der Waals surface area (Å²) < 4.78 is 23.4. The molecule has 3 N–H and O–H groups in total. The van der Waals surface area contributed by atoms with Gasteiger partial charge in [-0.3, -0.25) is 9.80 Å². The van der Waals surface area contributed by atoms with Crippen molar-refractivity contribution in [3.63, 3.8) is 0 Å². The molecule has 0 radical (unpaired) electrons. The summed E-state index contributed by atoms with van der Waals surface area (Å²) in [5, 5.41) is 8.89. The van der Waals surface area contributed by atoms with Crippen LogP contribution in [0.1, 0.15) is 12.5 Å². The molecule has 0 aliphatic carbocycles. The lowest BCUT2D eigenvalue weighted by atomic mass is 9.96. The number of hydrogen-bond donors (Lipinski definition) is 2. The van der Waals surface area contributed by atoms with Crippen molar-refractivity contribution in [2.75, 3.05) is 51.5 Å². The SMILES string of the molecule is Nc1ncnc2c1c(-c1ccc(Oc3ccccc3)cc1)nn2[C@H]1CCN(C2CN(CC3CNC3)C2)C[C@@H]1F. The molecule has 3 fully saturated rings. The second-order valence-corrected chi connectivity index (χ2v) is 11.0. The summed E-state index contributed by atoms with van der Waals surface area (Å²) >= 11 is 0. The van der Waals surface area contributed by atoms with E-state index in [2.05, 4.69) is 25.1 Å². The molecule has 39 heavy (non-hydrogen) atoms. The van der Waals surface area contributed by atoms with Gasteiger partial charge in [-0.25, -0.2) is 19.0 Å². The fourth-order valence-electron chi connectivity index (χ4n) is 6.02. The van der Waals surface area contributed by atoms with Crippen molar-refractivity contribution in [1.82, 2.24) is 34.9 Å². The van der Waals surface area contributed by atoms with Crippen LogP contribution in [0.2, 0.25) is 0 Å². The molecule has 3 saturated heterocycles. The molecule has 0 saturated carbocycles. The zero-order valence-corrected chi connectivity index (χ0v) is 21.8. The average molecular weight is 529 g/mol. The molecule has 0 spiro atoms. The largest absolute Gasteiger partial charge is 0.457 e. The molecule has 7 rings (SSSR count). The first-order valence-corrected chi connectivity index (χ1v) is 13.8. The highest BCUT2D eigenvalue weighted by molar-refractivity contribution is 5.98. The fraction of sp³-hybridized carbons (Fsp3) is 0.414. The Morgan fingerprint density at radius 3 is 2.46 bits per heavy atom. The molecular weight excluding hydrogens is 495 g/mol. The number of ether oxygens (including phenoxy) is 1. The Balaban J connectivity index is 1.09. The quantitative estimate of drug-likeness (QED) is 0.377. The van der Waals surface area contributed by atoms with Gasteiger partial charge < -0.3 is 15.8 Å². The summed E-state index contributed by atoms with van der Waals surface area (Å²) in [6, 6.07) is 17.4. The molecule has 4 aromatic rings. The normalized spacial score (nSPS) is 23.0. The summed E-state index contributed by atoms with van der Waals surface area (Å²) in [6.07, 6.45) is 1.06. The third-order valence-electron chi connectivity index (χ3n) is 8.31. The van der Waals surface area contributed by atoms with Gasteiger partial charge in [0, 0.05) is 57.4 Å². The number of para-hydroxylation sites is 1. The van der Waals surface area contributed by atoms with Crippen LogP contribution < -0.4 is 15.8 Å². The first-order valence-electron chi connectivity index (χ1n) is 13.8.